The first-order chi connectivity index (χ1) is 4.20. The predicted molar refractivity (Wildman–Crippen MR) is 43.9 cm³/mol. The Morgan fingerprint density at radius 3 is 2.67 bits per heavy atom. The minimum atomic E-state index is 1.01. The summed E-state index contributed by atoms with van der Waals surface area (Å²) in [6.45, 7) is 2.14. The number of rotatable bonds is 0. The first-order valence-corrected chi connectivity index (χ1v) is 3.69. The van der Waals surface area contributed by atoms with Gasteiger partial charge >= 0.3 is 0 Å². The van der Waals surface area contributed by atoms with E-state index in [0.717, 1.165) is 18.5 Å². The third-order valence-corrected chi connectivity index (χ3v) is 2.28. The summed E-state index contributed by atoms with van der Waals surface area (Å²) >= 11 is 0. The van der Waals surface area contributed by atoms with Crippen LogP contribution in [0, 0.1) is 0 Å². The molecule has 1 aliphatic carbocycles. The summed E-state index contributed by atoms with van der Waals surface area (Å²) in [5.41, 5.74) is 8.05. The molecule has 0 saturated carbocycles. The first-order valence-electron chi connectivity index (χ1n) is 3.11. The van der Waals surface area contributed by atoms with Gasteiger partial charge in [-0.05, 0) is 31.2 Å². The van der Waals surface area contributed by atoms with Crippen LogP contribution < -0.4 is 5.73 Å². The van der Waals surface area contributed by atoms with Gasteiger partial charge in [0.25, 0.3) is 0 Å². The molecule has 1 aliphatic rings. The van der Waals surface area contributed by atoms with Crippen LogP contribution >= 0.6 is 9.24 Å². The van der Waals surface area contributed by atoms with Gasteiger partial charge in [-0.1, -0.05) is 5.57 Å². The fourth-order valence-corrected chi connectivity index (χ4v) is 1.23. The van der Waals surface area contributed by atoms with Gasteiger partial charge in [0.05, 0.1) is 0 Å². The number of nitrogens with two attached hydrogens (primary N) is 1. The fraction of sp³-hybridized carbons (Fsp3) is 0.429. The smallest absolute Gasteiger partial charge is 0.00898 e. The van der Waals surface area contributed by atoms with Crippen molar-refractivity contribution in [2.24, 2.45) is 5.73 Å². The lowest BCUT2D eigenvalue weighted by Crippen LogP contribution is -2.01. The van der Waals surface area contributed by atoms with Crippen molar-refractivity contribution in [3.05, 3.63) is 22.7 Å². The Morgan fingerprint density at radius 1 is 1.56 bits per heavy atom. The van der Waals surface area contributed by atoms with Gasteiger partial charge in [-0.3, -0.25) is 0 Å². The molecule has 50 valence electrons. The van der Waals surface area contributed by atoms with Gasteiger partial charge in [-0.2, -0.15) is 0 Å². The normalized spacial score (nSPS) is 20.0. The number of allylic oxidation sites excluding steroid dienone is 4. The lowest BCUT2D eigenvalue weighted by Gasteiger charge is -2.11. The van der Waals surface area contributed by atoms with Crippen molar-refractivity contribution in [3.63, 3.8) is 0 Å². The van der Waals surface area contributed by atoms with E-state index in [1.165, 1.54) is 10.9 Å². The van der Waals surface area contributed by atoms with Gasteiger partial charge in [0.1, 0.15) is 0 Å². The predicted octanol–water partition coefficient (Wildman–Crippen LogP) is 1.77. The Bertz CT molecular complexity index is 179. The molecule has 2 N–H and O–H groups in total. The van der Waals surface area contributed by atoms with E-state index < -0.39 is 0 Å². The van der Waals surface area contributed by atoms with Gasteiger partial charge in [0, 0.05) is 5.70 Å². The highest BCUT2D eigenvalue weighted by atomic mass is 31.0. The van der Waals surface area contributed by atoms with Crippen LogP contribution in [0.5, 0.6) is 0 Å². The molecule has 0 fully saturated rings. The zero-order valence-electron chi connectivity index (χ0n) is 5.65. The Morgan fingerprint density at radius 2 is 2.22 bits per heavy atom. The summed E-state index contributed by atoms with van der Waals surface area (Å²) in [6, 6.07) is 0. The molecule has 0 aromatic rings. The number of hydrogen-bond acceptors (Lipinski definition) is 1. The SMILES string of the molecule is CC1=C(P)C=C(N)CC1. The van der Waals surface area contributed by atoms with E-state index >= 15 is 0 Å². The van der Waals surface area contributed by atoms with E-state index in [-0.39, 0.29) is 0 Å². The summed E-state index contributed by atoms with van der Waals surface area (Å²) in [4.78, 5) is 0. The Kier molecular flexibility index (Phi) is 1.92. The van der Waals surface area contributed by atoms with E-state index in [1.54, 1.807) is 0 Å². The molecule has 0 bridgehead atoms. The average molecular weight is 141 g/mol. The molecular weight excluding hydrogens is 129 g/mol. The highest BCUT2D eigenvalue weighted by Crippen LogP contribution is 2.24. The second-order valence-electron chi connectivity index (χ2n) is 2.45. The highest BCUT2D eigenvalue weighted by Gasteiger charge is 2.02. The monoisotopic (exact) mass is 141 g/mol. The molecule has 9 heavy (non-hydrogen) atoms. The van der Waals surface area contributed by atoms with Crippen molar-refractivity contribution in [3.8, 4) is 0 Å². The van der Waals surface area contributed by atoms with Crippen molar-refractivity contribution < 1.29 is 0 Å². The molecule has 0 spiro atoms. The van der Waals surface area contributed by atoms with Crippen LogP contribution in [0.1, 0.15) is 19.8 Å². The zero-order chi connectivity index (χ0) is 6.85. The van der Waals surface area contributed by atoms with E-state index in [2.05, 4.69) is 16.2 Å². The van der Waals surface area contributed by atoms with Gasteiger partial charge < -0.3 is 5.73 Å². The molecule has 0 aromatic carbocycles. The minimum absolute atomic E-state index is 1.01. The quantitative estimate of drug-likeness (QED) is 0.511. The van der Waals surface area contributed by atoms with E-state index in [1.807, 2.05) is 6.08 Å². The molecule has 1 rings (SSSR count). The second kappa shape index (κ2) is 2.53. The summed E-state index contributed by atoms with van der Waals surface area (Å²) in [5, 5.41) is 1.26. The molecule has 0 amide bonds. The van der Waals surface area contributed by atoms with Crippen molar-refractivity contribution in [1.29, 1.82) is 0 Å². The molecule has 0 radical (unpaired) electrons. The van der Waals surface area contributed by atoms with Crippen molar-refractivity contribution in [1.82, 2.24) is 0 Å². The van der Waals surface area contributed by atoms with E-state index in [4.69, 9.17) is 5.73 Å². The Balaban J connectivity index is 2.83. The van der Waals surface area contributed by atoms with Gasteiger partial charge in [0.2, 0.25) is 0 Å². The maximum Gasteiger partial charge on any atom is 0.00898 e. The highest BCUT2D eigenvalue weighted by molar-refractivity contribution is 7.23. The van der Waals surface area contributed by atoms with Crippen molar-refractivity contribution >= 4 is 9.24 Å². The van der Waals surface area contributed by atoms with Crippen molar-refractivity contribution in [2.45, 2.75) is 19.8 Å². The van der Waals surface area contributed by atoms with Crippen LogP contribution in [0.25, 0.3) is 0 Å². The molecule has 0 saturated heterocycles. The van der Waals surface area contributed by atoms with Crippen LogP contribution in [0.4, 0.5) is 0 Å². The van der Waals surface area contributed by atoms with Gasteiger partial charge in [-0.15, -0.1) is 9.24 Å². The Hall–Kier alpha value is -0.290. The lowest BCUT2D eigenvalue weighted by molar-refractivity contribution is 0.889. The van der Waals surface area contributed by atoms with E-state index in [0.29, 0.717) is 0 Å². The van der Waals surface area contributed by atoms with Gasteiger partial charge in [0.15, 0.2) is 0 Å². The molecule has 0 heterocycles. The lowest BCUT2D eigenvalue weighted by atomic mass is 10.0. The molecule has 0 aliphatic heterocycles. The molecule has 1 unspecified atom stereocenters. The largest absolute Gasteiger partial charge is 0.402 e. The van der Waals surface area contributed by atoms with Crippen LogP contribution in [-0.4, -0.2) is 0 Å². The van der Waals surface area contributed by atoms with E-state index in [9.17, 15) is 0 Å². The first kappa shape index (κ1) is 6.82. The summed E-state index contributed by atoms with van der Waals surface area (Å²) < 4.78 is 0. The van der Waals surface area contributed by atoms with Gasteiger partial charge in [-0.25, -0.2) is 0 Å². The summed E-state index contributed by atoms with van der Waals surface area (Å²) in [7, 11) is 2.69. The standard InChI is InChI=1S/C7H12NP/c1-5-2-3-6(8)4-7(5)9/h4H,2-3,8-9H2,1H3. The molecule has 0 aromatic heterocycles. The minimum Gasteiger partial charge on any atom is -0.402 e. The topological polar surface area (TPSA) is 26.0 Å². The Labute approximate surface area is 58.2 Å². The molecule has 1 atom stereocenters. The third-order valence-electron chi connectivity index (χ3n) is 1.62. The summed E-state index contributed by atoms with van der Waals surface area (Å²) in [5.74, 6) is 0. The van der Waals surface area contributed by atoms with Crippen molar-refractivity contribution in [2.75, 3.05) is 0 Å². The molecular formula is C7H12NP. The fourth-order valence-electron chi connectivity index (χ4n) is 0.871. The van der Waals surface area contributed by atoms with Crippen LogP contribution in [-0.2, 0) is 0 Å². The van der Waals surface area contributed by atoms with Crippen LogP contribution in [0.3, 0.4) is 0 Å². The number of hydrogen-bond donors (Lipinski definition) is 1. The van der Waals surface area contributed by atoms with Crippen LogP contribution in [0.15, 0.2) is 22.7 Å². The average Bonchev–Trinajstić information content (AvgIpc) is 1.80. The maximum absolute atomic E-state index is 5.60. The maximum atomic E-state index is 5.60. The third kappa shape index (κ3) is 1.56. The molecule has 1 nitrogen and oxygen atoms in total. The van der Waals surface area contributed by atoms with Crippen LogP contribution in [0.2, 0.25) is 0 Å². The second-order valence-corrected chi connectivity index (χ2v) is 3.08. The molecule has 2 heteroatoms. The summed E-state index contributed by atoms with van der Waals surface area (Å²) in [6.07, 6.45) is 4.19. The zero-order valence-corrected chi connectivity index (χ0v) is 6.80.